The van der Waals surface area contributed by atoms with Crippen molar-refractivity contribution in [3.05, 3.63) is 107 Å². The lowest BCUT2D eigenvalue weighted by atomic mass is 9.96. The molecule has 0 saturated carbocycles. The van der Waals surface area contributed by atoms with Crippen LogP contribution in [0.25, 0.3) is 21.8 Å². The number of rotatable bonds is 11. The van der Waals surface area contributed by atoms with E-state index in [0.29, 0.717) is 0 Å². The van der Waals surface area contributed by atoms with E-state index in [0.717, 1.165) is 44.2 Å². The summed E-state index contributed by atoms with van der Waals surface area (Å²) in [7, 11) is 1.25. The number of fused-ring (bicyclic) bond motifs is 4. The Bertz CT molecular complexity index is 2170. The molecule has 0 aliphatic carbocycles. The van der Waals surface area contributed by atoms with Crippen LogP contribution >= 0.6 is 0 Å². The predicted octanol–water partition coefficient (Wildman–Crippen LogP) is 4.44. The highest BCUT2D eigenvalue weighted by molar-refractivity contribution is 5.96. The van der Waals surface area contributed by atoms with E-state index < -0.39 is 59.6 Å². The van der Waals surface area contributed by atoms with Gasteiger partial charge in [0.05, 0.1) is 13.7 Å². The van der Waals surface area contributed by atoms with E-state index in [1.165, 1.54) is 18.9 Å². The van der Waals surface area contributed by atoms with Gasteiger partial charge in [0.25, 0.3) is 0 Å². The molecule has 5 aromatic rings. The molecule has 54 heavy (non-hydrogen) atoms. The maximum Gasteiger partial charge on any atom is 0.411 e. The largest absolute Gasteiger partial charge is 0.467 e. The van der Waals surface area contributed by atoms with Crippen LogP contribution in [0.5, 0.6) is 0 Å². The van der Waals surface area contributed by atoms with Crippen molar-refractivity contribution in [1.82, 2.24) is 30.8 Å². The number of methoxy groups -OCH3 is 1. The normalized spacial score (nSPS) is 15.8. The topological polar surface area (TPSA) is 175 Å². The van der Waals surface area contributed by atoms with Crippen LogP contribution in [0.3, 0.4) is 0 Å². The molecule has 13 heteroatoms. The molecule has 3 heterocycles. The summed E-state index contributed by atoms with van der Waals surface area (Å²) in [4.78, 5) is 76.0. The minimum atomic E-state index is -1.11. The van der Waals surface area contributed by atoms with E-state index in [1.54, 1.807) is 27.0 Å². The van der Waals surface area contributed by atoms with E-state index in [4.69, 9.17) is 9.47 Å². The Balaban J connectivity index is 1.19. The lowest BCUT2D eigenvalue weighted by molar-refractivity contribution is -0.145. The Hall–Kier alpha value is -6.11. The quantitative estimate of drug-likeness (QED) is 0.125. The molecular weight excluding hydrogens is 688 g/mol. The van der Waals surface area contributed by atoms with Crippen molar-refractivity contribution in [3.63, 3.8) is 0 Å². The van der Waals surface area contributed by atoms with Crippen molar-refractivity contribution >= 4 is 51.6 Å². The van der Waals surface area contributed by atoms with Gasteiger partial charge in [-0.2, -0.15) is 0 Å². The SMILES string of the molecule is COC(=O)[C@H](Cc1c[nH]c2ccccc12)NC(=O)[C@H](Cc1ccccc1)NC(=O)[C@H](C)NC(=O)[C@@H]1Cc2c([nH]c3ccccc23)CN1C(=O)OC(C)(C)C. The number of carbonyl (C=O) groups excluding carboxylic acids is 5. The maximum atomic E-state index is 14.0. The van der Waals surface area contributed by atoms with E-state index >= 15 is 0 Å². The molecule has 1 aliphatic rings. The van der Waals surface area contributed by atoms with Crippen LogP contribution in [0.1, 0.15) is 50.1 Å². The van der Waals surface area contributed by atoms with E-state index in [-0.39, 0.29) is 25.8 Å². The molecular formula is C41H46N6O7. The Labute approximate surface area is 313 Å². The summed E-state index contributed by atoms with van der Waals surface area (Å²) in [6.07, 6.45) is 1.59. The van der Waals surface area contributed by atoms with Gasteiger partial charge in [-0.3, -0.25) is 19.3 Å². The molecule has 0 radical (unpaired) electrons. The summed E-state index contributed by atoms with van der Waals surface area (Å²) in [5, 5.41) is 10.2. The molecule has 6 rings (SSSR count). The molecule has 0 spiro atoms. The number of hydrogen-bond donors (Lipinski definition) is 5. The Morgan fingerprint density at radius 3 is 2.17 bits per heavy atom. The average Bonchev–Trinajstić information content (AvgIpc) is 3.73. The molecule has 1 aliphatic heterocycles. The number of nitrogens with one attached hydrogen (secondary N) is 5. The monoisotopic (exact) mass is 734 g/mol. The van der Waals surface area contributed by atoms with Gasteiger partial charge in [-0.05, 0) is 56.5 Å². The van der Waals surface area contributed by atoms with Gasteiger partial charge in [0.2, 0.25) is 17.7 Å². The highest BCUT2D eigenvalue weighted by Crippen LogP contribution is 2.31. The van der Waals surface area contributed by atoms with Crippen LogP contribution in [0.15, 0.2) is 85.1 Å². The number of amides is 4. The number of nitrogens with zero attached hydrogens (tertiary/aromatic N) is 1. The number of aromatic nitrogens is 2. The smallest absolute Gasteiger partial charge is 0.411 e. The predicted molar refractivity (Wildman–Crippen MR) is 203 cm³/mol. The fraction of sp³-hybridized carbons (Fsp3) is 0.341. The van der Waals surface area contributed by atoms with Gasteiger partial charge in [0, 0.05) is 53.0 Å². The lowest BCUT2D eigenvalue weighted by Crippen LogP contribution is -2.59. The van der Waals surface area contributed by atoms with E-state index in [2.05, 4.69) is 25.9 Å². The van der Waals surface area contributed by atoms with Crippen molar-refractivity contribution in [1.29, 1.82) is 0 Å². The number of hydrogen-bond acceptors (Lipinski definition) is 7. The van der Waals surface area contributed by atoms with Crippen molar-refractivity contribution in [3.8, 4) is 0 Å². The van der Waals surface area contributed by atoms with E-state index in [9.17, 15) is 24.0 Å². The molecule has 4 atom stereocenters. The number of esters is 1. The van der Waals surface area contributed by atoms with Crippen LogP contribution in [0.2, 0.25) is 0 Å². The van der Waals surface area contributed by atoms with Gasteiger partial charge >= 0.3 is 12.1 Å². The van der Waals surface area contributed by atoms with Gasteiger partial charge < -0.3 is 35.4 Å². The first-order chi connectivity index (χ1) is 25.8. The molecule has 0 fully saturated rings. The molecule has 5 N–H and O–H groups in total. The highest BCUT2D eigenvalue weighted by atomic mass is 16.6. The fourth-order valence-electron chi connectivity index (χ4n) is 6.81. The summed E-state index contributed by atoms with van der Waals surface area (Å²) in [5.41, 5.74) is 4.27. The minimum absolute atomic E-state index is 0.108. The van der Waals surface area contributed by atoms with Crippen molar-refractivity contribution in [2.45, 2.75) is 83.3 Å². The molecule has 13 nitrogen and oxygen atoms in total. The van der Waals surface area contributed by atoms with Crippen molar-refractivity contribution in [2.75, 3.05) is 7.11 Å². The average molecular weight is 735 g/mol. The van der Waals surface area contributed by atoms with Gasteiger partial charge in [0.1, 0.15) is 29.8 Å². The molecule has 3 aromatic carbocycles. The van der Waals surface area contributed by atoms with Gasteiger partial charge in [-0.25, -0.2) is 9.59 Å². The number of para-hydroxylation sites is 2. The summed E-state index contributed by atoms with van der Waals surface area (Å²) in [5.74, 6) is -2.42. The first-order valence-corrected chi connectivity index (χ1v) is 18.0. The third-order valence-electron chi connectivity index (χ3n) is 9.50. The van der Waals surface area contributed by atoms with Gasteiger partial charge in [-0.15, -0.1) is 0 Å². The zero-order valence-electron chi connectivity index (χ0n) is 31.0. The second kappa shape index (κ2) is 15.9. The molecule has 0 bridgehead atoms. The second-order valence-corrected chi connectivity index (χ2v) is 14.6. The summed E-state index contributed by atoms with van der Waals surface area (Å²) in [6.45, 7) is 6.88. The first-order valence-electron chi connectivity index (χ1n) is 18.0. The van der Waals surface area contributed by atoms with E-state index in [1.807, 2.05) is 78.9 Å². The second-order valence-electron chi connectivity index (χ2n) is 14.6. The summed E-state index contributed by atoms with van der Waals surface area (Å²) in [6, 6.07) is 20.2. The van der Waals surface area contributed by atoms with Crippen LogP contribution in [0.4, 0.5) is 4.79 Å². The molecule has 0 unspecified atom stereocenters. The van der Waals surface area contributed by atoms with Gasteiger partial charge in [0.15, 0.2) is 0 Å². The molecule has 0 saturated heterocycles. The standard InChI is InChI=1S/C41H46N6O7/c1-24(43-38(50)35-21-29-28-16-10-12-18-31(28)44-34(29)23-47(35)40(52)54-41(2,3)4)36(48)45-32(19-25-13-7-6-8-14-25)37(49)46-33(39(51)53-5)20-26-22-42-30-17-11-9-15-27(26)30/h6-18,22,24,32-33,35,42,44H,19-21,23H2,1-5H3,(H,43,50)(H,45,48)(H,46,49)/t24-,32-,33-,35-/m0/s1. The highest BCUT2D eigenvalue weighted by Gasteiger charge is 2.39. The molecule has 282 valence electrons. The minimum Gasteiger partial charge on any atom is -0.467 e. The Kier molecular flexibility index (Phi) is 11.1. The van der Waals surface area contributed by atoms with Crippen LogP contribution in [0, 0.1) is 0 Å². The summed E-state index contributed by atoms with van der Waals surface area (Å²) >= 11 is 0. The van der Waals surface area contributed by atoms with Crippen LogP contribution in [-0.4, -0.2) is 81.5 Å². The Morgan fingerprint density at radius 2 is 1.46 bits per heavy atom. The lowest BCUT2D eigenvalue weighted by Gasteiger charge is -2.36. The van der Waals surface area contributed by atoms with Crippen LogP contribution < -0.4 is 16.0 Å². The number of ether oxygens (including phenoxy) is 2. The van der Waals surface area contributed by atoms with Gasteiger partial charge in [-0.1, -0.05) is 66.7 Å². The zero-order valence-corrected chi connectivity index (χ0v) is 31.0. The number of H-pyrrole nitrogens is 2. The maximum absolute atomic E-state index is 14.0. The third kappa shape index (κ3) is 8.57. The number of carbonyl (C=O) groups is 5. The summed E-state index contributed by atoms with van der Waals surface area (Å²) < 4.78 is 10.7. The fourth-order valence-corrected chi connectivity index (χ4v) is 6.81. The first kappa shape index (κ1) is 37.6. The molecule has 4 amide bonds. The molecule has 2 aromatic heterocycles. The third-order valence-corrected chi connectivity index (χ3v) is 9.50. The number of aromatic amines is 2. The Morgan fingerprint density at radius 1 is 0.815 bits per heavy atom. The van der Waals surface area contributed by atoms with Crippen molar-refractivity contribution < 1.29 is 33.4 Å². The number of benzene rings is 3. The zero-order chi connectivity index (χ0) is 38.6. The van der Waals surface area contributed by atoms with Crippen LogP contribution in [-0.2, 0) is 54.5 Å². The van der Waals surface area contributed by atoms with Crippen molar-refractivity contribution in [2.24, 2.45) is 0 Å².